The molecule has 13 aromatic carbocycles. The van der Waals surface area contributed by atoms with Gasteiger partial charge in [-0.15, -0.1) is 0 Å². The van der Waals surface area contributed by atoms with E-state index in [-0.39, 0.29) is 5.41 Å². The molecule has 0 unspecified atom stereocenters. The largest absolute Gasteiger partial charge is 0.309 e. The Kier molecular flexibility index (Phi) is 7.71. The second-order valence-corrected chi connectivity index (χ2v) is 20.4. The predicted octanol–water partition coefficient (Wildman–Crippen LogP) is 18.7. The summed E-state index contributed by atoms with van der Waals surface area (Å²) in [5, 5.41) is 17.7. The lowest BCUT2D eigenvalue weighted by molar-refractivity contribution is 0.661. The number of hydrogen-bond acceptors (Lipinski definition) is 0. The molecule has 71 heavy (non-hydrogen) atoms. The highest BCUT2D eigenvalue weighted by Crippen LogP contribution is 2.52. The zero-order valence-electron chi connectivity index (χ0n) is 39.3. The van der Waals surface area contributed by atoms with E-state index >= 15 is 0 Å². The molecule has 0 radical (unpaired) electrons. The van der Waals surface area contributed by atoms with Crippen LogP contribution in [0.4, 0.5) is 0 Å². The molecule has 0 bridgehead atoms. The molecule has 15 aromatic rings. The maximum atomic E-state index is 2.53. The minimum atomic E-state index is -0.161. The van der Waals surface area contributed by atoms with Crippen molar-refractivity contribution in [2.45, 2.75) is 19.3 Å². The van der Waals surface area contributed by atoms with Crippen LogP contribution in [0, 0.1) is 0 Å². The van der Waals surface area contributed by atoms with E-state index in [1.165, 1.54) is 153 Å². The maximum Gasteiger partial charge on any atom is 0.0620 e. The zero-order valence-corrected chi connectivity index (χ0v) is 39.3. The lowest BCUT2D eigenvalue weighted by Gasteiger charge is -2.23. The van der Waals surface area contributed by atoms with E-state index < -0.39 is 0 Å². The molecule has 16 rings (SSSR count). The SMILES string of the molecule is CC1(C)c2cc(-c3ccc4c(c3)c3ccccc3n4-c3cc4cc5c6ccccc6n(-c6cccc7ccccc67)c5c5ccc6cccc3c6c45)ccc2-c2ccc(-c3cccc4ccccc34)cc21. The molecule has 2 heterocycles. The monoisotopic (exact) mass is 900 g/mol. The first-order valence-electron chi connectivity index (χ1n) is 24.9. The van der Waals surface area contributed by atoms with Gasteiger partial charge in [-0.25, -0.2) is 0 Å². The topological polar surface area (TPSA) is 9.86 Å². The van der Waals surface area contributed by atoms with Gasteiger partial charge in [-0.3, -0.25) is 0 Å². The summed E-state index contributed by atoms with van der Waals surface area (Å²) in [4.78, 5) is 0. The maximum absolute atomic E-state index is 2.53. The van der Waals surface area contributed by atoms with Gasteiger partial charge in [0.1, 0.15) is 0 Å². The second-order valence-electron chi connectivity index (χ2n) is 20.4. The molecular weight excluding hydrogens is 857 g/mol. The first kappa shape index (κ1) is 38.9. The van der Waals surface area contributed by atoms with E-state index in [2.05, 4.69) is 254 Å². The van der Waals surface area contributed by atoms with Crippen LogP contribution in [0.5, 0.6) is 0 Å². The summed E-state index contributed by atoms with van der Waals surface area (Å²) in [5.41, 5.74) is 17.6. The fourth-order valence-electron chi connectivity index (χ4n) is 13.1. The van der Waals surface area contributed by atoms with Crippen molar-refractivity contribution in [1.29, 1.82) is 0 Å². The van der Waals surface area contributed by atoms with Gasteiger partial charge in [0.2, 0.25) is 0 Å². The molecule has 1 aliphatic rings. The Bertz CT molecular complexity index is 4780. The van der Waals surface area contributed by atoms with E-state index in [9.17, 15) is 0 Å². The number of hydrogen-bond donors (Lipinski definition) is 0. The second kappa shape index (κ2) is 14.1. The van der Waals surface area contributed by atoms with Crippen molar-refractivity contribution in [3.8, 4) is 44.8 Å². The van der Waals surface area contributed by atoms with Crippen LogP contribution in [-0.2, 0) is 5.41 Å². The van der Waals surface area contributed by atoms with Gasteiger partial charge >= 0.3 is 0 Å². The van der Waals surface area contributed by atoms with Crippen molar-refractivity contribution in [3.05, 3.63) is 242 Å². The molecule has 0 spiro atoms. The summed E-state index contributed by atoms with van der Waals surface area (Å²) < 4.78 is 5.05. The third kappa shape index (κ3) is 5.26. The molecule has 330 valence electrons. The Hall–Kier alpha value is -8.98. The lowest BCUT2D eigenvalue weighted by atomic mass is 9.80. The van der Waals surface area contributed by atoms with E-state index in [1.54, 1.807) is 0 Å². The molecule has 0 fully saturated rings. The summed E-state index contributed by atoms with van der Waals surface area (Å²) in [6, 6.07) is 86.7. The Morgan fingerprint density at radius 3 is 1.63 bits per heavy atom. The van der Waals surface area contributed by atoms with Crippen molar-refractivity contribution in [1.82, 2.24) is 9.13 Å². The van der Waals surface area contributed by atoms with Gasteiger partial charge in [0.25, 0.3) is 0 Å². The van der Waals surface area contributed by atoms with Gasteiger partial charge in [0.05, 0.1) is 33.4 Å². The molecule has 0 N–H and O–H groups in total. The van der Waals surface area contributed by atoms with Crippen LogP contribution in [0.3, 0.4) is 0 Å². The van der Waals surface area contributed by atoms with Crippen molar-refractivity contribution >= 4 is 97.5 Å². The third-order valence-corrected chi connectivity index (χ3v) is 16.4. The summed E-state index contributed by atoms with van der Waals surface area (Å²) in [6.07, 6.45) is 0. The molecule has 0 atom stereocenters. The lowest BCUT2D eigenvalue weighted by Crippen LogP contribution is -2.15. The number of aromatic nitrogens is 2. The zero-order chi connectivity index (χ0) is 46.7. The third-order valence-electron chi connectivity index (χ3n) is 16.4. The van der Waals surface area contributed by atoms with Gasteiger partial charge in [0.15, 0.2) is 0 Å². The molecule has 1 aliphatic carbocycles. The van der Waals surface area contributed by atoms with Gasteiger partial charge in [-0.1, -0.05) is 190 Å². The van der Waals surface area contributed by atoms with Crippen molar-refractivity contribution < 1.29 is 0 Å². The Morgan fingerprint density at radius 2 is 0.831 bits per heavy atom. The van der Waals surface area contributed by atoms with Gasteiger partial charge in [-0.2, -0.15) is 0 Å². The molecular formula is C69H44N2. The van der Waals surface area contributed by atoms with Gasteiger partial charge in [-0.05, 0) is 137 Å². The molecule has 2 heteroatoms. The highest BCUT2D eigenvalue weighted by molar-refractivity contribution is 6.33. The van der Waals surface area contributed by atoms with Gasteiger partial charge in [0, 0.05) is 43.1 Å². The standard InChI is InChI=1S/C69H44N2/c1-69(2)59-38-45(29-32-51(59)52-33-30-46(39-60(52)69)49-23-11-16-41-14-3-5-19-48(41)49)44-31-35-64-57(36-44)53-21-7-9-25-62(53)70(64)65-40-47-37-58-54-22-8-10-26-63(54)71(61-27-13-17-42-15-4-6-20-50(42)61)68(58)56-34-28-43-18-12-24-55(65)66(43)67(47)56/h3-40H,1-2H3. The molecule has 2 aromatic heterocycles. The summed E-state index contributed by atoms with van der Waals surface area (Å²) in [5.74, 6) is 0. The van der Waals surface area contributed by atoms with Crippen LogP contribution >= 0.6 is 0 Å². The molecule has 0 aliphatic heterocycles. The fourth-order valence-corrected chi connectivity index (χ4v) is 13.1. The minimum absolute atomic E-state index is 0.161. The van der Waals surface area contributed by atoms with Crippen molar-refractivity contribution in [2.75, 3.05) is 0 Å². The van der Waals surface area contributed by atoms with Gasteiger partial charge < -0.3 is 9.13 Å². The molecule has 2 nitrogen and oxygen atoms in total. The highest BCUT2D eigenvalue weighted by Gasteiger charge is 2.36. The fraction of sp³-hybridized carbons (Fsp3) is 0.0435. The van der Waals surface area contributed by atoms with Crippen molar-refractivity contribution in [3.63, 3.8) is 0 Å². The number of rotatable bonds is 4. The number of para-hydroxylation sites is 2. The van der Waals surface area contributed by atoms with Crippen molar-refractivity contribution in [2.24, 2.45) is 0 Å². The Balaban J connectivity index is 0.876. The summed E-state index contributed by atoms with van der Waals surface area (Å²) >= 11 is 0. The highest BCUT2D eigenvalue weighted by atomic mass is 15.0. The van der Waals surface area contributed by atoms with Crippen LogP contribution in [-0.4, -0.2) is 9.13 Å². The van der Waals surface area contributed by atoms with Crippen LogP contribution in [0.25, 0.3) is 142 Å². The smallest absolute Gasteiger partial charge is 0.0620 e. The molecule has 0 amide bonds. The van der Waals surface area contributed by atoms with Crippen LogP contribution < -0.4 is 0 Å². The molecule has 0 saturated carbocycles. The van der Waals surface area contributed by atoms with E-state index in [0.29, 0.717) is 0 Å². The first-order chi connectivity index (χ1) is 35.0. The molecule has 0 saturated heterocycles. The predicted molar refractivity (Wildman–Crippen MR) is 302 cm³/mol. The summed E-state index contributed by atoms with van der Waals surface area (Å²) in [6.45, 7) is 4.80. The van der Waals surface area contributed by atoms with Crippen LogP contribution in [0.1, 0.15) is 25.0 Å². The first-order valence-corrected chi connectivity index (χ1v) is 24.9. The van der Waals surface area contributed by atoms with Crippen LogP contribution in [0.2, 0.25) is 0 Å². The number of fused-ring (bicyclic) bond motifs is 12. The number of nitrogens with zero attached hydrogens (tertiary/aromatic N) is 2. The summed E-state index contributed by atoms with van der Waals surface area (Å²) in [7, 11) is 0. The normalized spacial score (nSPS) is 13.3. The van der Waals surface area contributed by atoms with E-state index in [1.807, 2.05) is 0 Å². The quantitative estimate of drug-likeness (QED) is 0.156. The van der Waals surface area contributed by atoms with Crippen LogP contribution in [0.15, 0.2) is 231 Å². The average Bonchev–Trinajstić information content (AvgIpc) is 4.01. The van der Waals surface area contributed by atoms with E-state index in [4.69, 9.17) is 0 Å². The minimum Gasteiger partial charge on any atom is -0.309 e. The van der Waals surface area contributed by atoms with E-state index in [0.717, 1.165) is 0 Å². The Labute approximate surface area is 410 Å². The number of benzene rings is 13. The average molecular weight is 901 g/mol. The Morgan fingerprint density at radius 1 is 0.282 bits per heavy atom.